The van der Waals surface area contributed by atoms with E-state index in [0.29, 0.717) is 0 Å². The summed E-state index contributed by atoms with van der Waals surface area (Å²) in [5.41, 5.74) is 4.63. The summed E-state index contributed by atoms with van der Waals surface area (Å²) < 4.78 is 44.4. The summed E-state index contributed by atoms with van der Waals surface area (Å²) >= 11 is 0. The monoisotopic (exact) mass is 250 g/mol. The van der Waals surface area contributed by atoms with Crippen LogP contribution in [0.5, 0.6) is 5.75 Å². The van der Waals surface area contributed by atoms with Gasteiger partial charge < -0.3 is 15.2 Å². The molecule has 0 unspecified atom stereocenters. The molecule has 0 aliphatic carbocycles. The highest BCUT2D eigenvalue weighted by molar-refractivity contribution is 5.97. The molecule has 0 atom stereocenters. The Morgan fingerprint density at radius 2 is 2.12 bits per heavy atom. The molecule has 0 bridgehead atoms. The molecule has 0 saturated carbocycles. The molecule has 2 N–H and O–H groups in total. The second-order valence-corrected chi connectivity index (χ2v) is 2.87. The number of pyridine rings is 1. The number of anilines is 1. The van der Waals surface area contributed by atoms with Crippen LogP contribution in [-0.2, 0) is 4.74 Å². The van der Waals surface area contributed by atoms with Crippen LogP contribution >= 0.6 is 0 Å². The van der Waals surface area contributed by atoms with Crippen LogP contribution in [0.2, 0.25) is 0 Å². The Labute approximate surface area is 94.3 Å². The first-order chi connectivity index (χ1) is 7.85. The minimum absolute atomic E-state index is 0.00601. The quantitative estimate of drug-likeness (QED) is 0.827. The smallest absolute Gasteiger partial charge is 0.462 e. The Bertz CT molecular complexity index is 420. The molecule has 0 aliphatic rings. The zero-order valence-corrected chi connectivity index (χ0v) is 8.75. The number of nitrogens with two attached hydrogens (primary N) is 1. The topological polar surface area (TPSA) is 74.4 Å². The van der Waals surface area contributed by atoms with Crippen molar-refractivity contribution in [2.45, 2.75) is 13.3 Å². The summed E-state index contributed by atoms with van der Waals surface area (Å²) in [4.78, 5) is 14.8. The van der Waals surface area contributed by atoms with E-state index in [4.69, 9.17) is 5.73 Å². The fourth-order valence-corrected chi connectivity index (χ4v) is 1.08. The average Bonchev–Trinajstić information content (AvgIpc) is 2.15. The average molecular weight is 250 g/mol. The van der Waals surface area contributed by atoms with E-state index < -0.39 is 23.6 Å². The molecule has 5 nitrogen and oxygen atoms in total. The lowest BCUT2D eigenvalue weighted by molar-refractivity contribution is -0.274. The predicted molar refractivity (Wildman–Crippen MR) is 51.3 cm³/mol. The second-order valence-electron chi connectivity index (χ2n) is 2.87. The Morgan fingerprint density at radius 3 is 2.65 bits per heavy atom. The summed E-state index contributed by atoms with van der Waals surface area (Å²) in [6.07, 6.45) is -3.15. The lowest BCUT2D eigenvalue weighted by Gasteiger charge is -2.13. The molecule has 0 saturated heterocycles. The first-order valence-corrected chi connectivity index (χ1v) is 4.51. The summed E-state index contributed by atoms with van der Waals surface area (Å²) in [7, 11) is 0. The van der Waals surface area contributed by atoms with Gasteiger partial charge in [-0.05, 0) is 6.92 Å². The number of aromatic nitrogens is 1. The second kappa shape index (κ2) is 4.89. The minimum Gasteiger partial charge on any atom is -0.462 e. The third-order valence-electron chi connectivity index (χ3n) is 1.65. The molecule has 0 radical (unpaired) electrons. The maximum Gasteiger partial charge on any atom is 0.573 e. The van der Waals surface area contributed by atoms with Crippen LogP contribution in [0.1, 0.15) is 17.3 Å². The number of nitrogens with zero attached hydrogens (tertiary/aromatic N) is 1. The summed E-state index contributed by atoms with van der Waals surface area (Å²) in [6.45, 7) is 1.52. The van der Waals surface area contributed by atoms with Crippen molar-refractivity contribution in [3.05, 3.63) is 18.0 Å². The molecule has 0 aromatic carbocycles. The first kappa shape index (κ1) is 13.1. The molecular formula is C9H9F3N2O3. The minimum atomic E-state index is -4.93. The molecule has 0 amide bonds. The zero-order chi connectivity index (χ0) is 13.1. The number of carbonyl (C=O) groups is 1. The van der Waals surface area contributed by atoms with Crippen molar-refractivity contribution in [1.29, 1.82) is 0 Å². The Kier molecular flexibility index (Phi) is 3.77. The van der Waals surface area contributed by atoms with Crippen LogP contribution in [0.25, 0.3) is 0 Å². The van der Waals surface area contributed by atoms with Gasteiger partial charge in [0.15, 0.2) is 5.75 Å². The molecule has 8 heteroatoms. The van der Waals surface area contributed by atoms with Gasteiger partial charge in [0.25, 0.3) is 0 Å². The maximum absolute atomic E-state index is 12.1. The maximum atomic E-state index is 12.1. The van der Waals surface area contributed by atoms with Crippen LogP contribution < -0.4 is 10.5 Å². The highest BCUT2D eigenvalue weighted by atomic mass is 19.4. The van der Waals surface area contributed by atoms with E-state index in [1.165, 1.54) is 6.92 Å². The van der Waals surface area contributed by atoms with Crippen molar-refractivity contribution < 1.29 is 27.4 Å². The lowest BCUT2D eigenvalue weighted by Crippen LogP contribution is -2.20. The first-order valence-electron chi connectivity index (χ1n) is 4.51. The van der Waals surface area contributed by atoms with Gasteiger partial charge in [0, 0.05) is 0 Å². The molecule has 1 aromatic rings. The molecule has 0 spiro atoms. The fourth-order valence-electron chi connectivity index (χ4n) is 1.08. The summed E-state index contributed by atoms with van der Waals surface area (Å²) in [5.74, 6) is -1.78. The number of nitrogen functional groups attached to an aromatic ring is 1. The van der Waals surface area contributed by atoms with Crippen LogP contribution in [0.3, 0.4) is 0 Å². The van der Waals surface area contributed by atoms with E-state index in [1.807, 2.05) is 0 Å². The van der Waals surface area contributed by atoms with E-state index in [2.05, 4.69) is 14.5 Å². The molecule has 1 aromatic heterocycles. The number of hydrogen-bond donors (Lipinski definition) is 1. The van der Waals surface area contributed by atoms with E-state index in [9.17, 15) is 18.0 Å². The van der Waals surface area contributed by atoms with Crippen molar-refractivity contribution in [3.63, 3.8) is 0 Å². The number of hydrogen-bond acceptors (Lipinski definition) is 5. The number of carbonyl (C=O) groups excluding carboxylic acids is 1. The van der Waals surface area contributed by atoms with Gasteiger partial charge >= 0.3 is 12.3 Å². The number of halogens is 3. The Balaban J connectivity index is 3.13. The van der Waals surface area contributed by atoms with E-state index >= 15 is 0 Å². The van der Waals surface area contributed by atoms with E-state index in [-0.39, 0.29) is 12.3 Å². The van der Waals surface area contributed by atoms with Crippen molar-refractivity contribution in [2.75, 3.05) is 12.3 Å². The molecule has 17 heavy (non-hydrogen) atoms. The van der Waals surface area contributed by atoms with Gasteiger partial charge in [-0.25, -0.2) is 4.79 Å². The fraction of sp³-hybridized carbons (Fsp3) is 0.333. The predicted octanol–water partition coefficient (Wildman–Crippen LogP) is 1.74. The molecule has 94 valence electrons. The number of ether oxygens (including phenoxy) is 2. The van der Waals surface area contributed by atoms with Gasteiger partial charge in [-0.3, -0.25) is 4.98 Å². The van der Waals surface area contributed by atoms with Crippen LogP contribution in [0, 0.1) is 0 Å². The van der Waals surface area contributed by atoms with Crippen molar-refractivity contribution in [3.8, 4) is 5.75 Å². The van der Waals surface area contributed by atoms with Crippen LogP contribution in [0.4, 0.5) is 18.9 Å². The van der Waals surface area contributed by atoms with E-state index in [1.54, 1.807) is 0 Å². The van der Waals surface area contributed by atoms with Gasteiger partial charge in [0.05, 0.1) is 24.7 Å². The SMILES string of the molecule is CCOC(=O)c1c(N)cncc1OC(F)(F)F. The molecular weight excluding hydrogens is 241 g/mol. The van der Waals surface area contributed by atoms with Crippen LogP contribution in [-0.4, -0.2) is 23.9 Å². The number of rotatable bonds is 3. The number of alkyl halides is 3. The van der Waals surface area contributed by atoms with E-state index in [0.717, 1.165) is 12.4 Å². The van der Waals surface area contributed by atoms with Crippen molar-refractivity contribution >= 4 is 11.7 Å². The van der Waals surface area contributed by atoms with Crippen LogP contribution in [0.15, 0.2) is 12.4 Å². The molecule has 0 aliphatic heterocycles. The third kappa shape index (κ3) is 3.51. The highest BCUT2D eigenvalue weighted by Crippen LogP contribution is 2.29. The largest absolute Gasteiger partial charge is 0.573 e. The molecule has 0 fully saturated rings. The van der Waals surface area contributed by atoms with Gasteiger partial charge in [0.1, 0.15) is 5.56 Å². The van der Waals surface area contributed by atoms with Gasteiger partial charge in [-0.1, -0.05) is 0 Å². The molecule has 1 rings (SSSR count). The number of esters is 1. The van der Waals surface area contributed by atoms with Gasteiger partial charge in [0.2, 0.25) is 0 Å². The van der Waals surface area contributed by atoms with Crippen molar-refractivity contribution in [1.82, 2.24) is 4.98 Å². The normalized spacial score (nSPS) is 11.1. The summed E-state index contributed by atoms with van der Waals surface area (Å²) in [5, 5.41) is 0. The lowest BCUT2D eigenvalue weighted by atomic mass is 10.2. The van der Waals surface area contributed by atoms with Gasteiger partial charge in [-0.15, -0.1) is 13.2 Å². The Hall–Kier alpha value is -1.99. The zero-order valence-electron chi connectivity index (χ0n) is 8.75. The highest BCUT2D eigenvalue weighted by Gasteiger charge is 2.34. The standard InChI is InChI=1S/C9H9F3N2O3/c1-2-16-8(15)7-5(13)3-14-4-6(7)17-9(10,11)12/h3-4H,2,13H2,1H3. The third-order valence-corrected chi connectivity index (χ3v) is 1.65. The molecule has 1 heterocycles. The van der Waals surface area contributed by atoms with Crippen molar-refractivity contribution in [2.24, 2.45) is 0 Å². The Morgan fingerprint density at radius 1 is 1.47 bits per heavy atom. The summed E-state index contributed by atoms with van der Waals surface area (Å²) in [6, 6.07) is 0. The van der Waals surface area contributed by atoms with Gasteiger partial charge in [-0.2, -0.15) is 0 Å².